The second-order valence-electron chi connectivity index (χ2n) is 9.30. The summed E-state index contributed by atoms with van der Waals surface area (Å²) in [6.45, 7) is 2.36. The number of nitrogens with zero attached hydrogens (tertiary/aromatic N) is 1. The summed E-state index contributed by atoms with van der Waals surface area (Å²) in [5.41, 5.74) is 0.984. The Kier molecular flexibility index (Phi) is 8.59. The molecule has 0 aliphatic carbocycles. The van der Waals surface area contributed by atoms with Crippen LogP contribution in [-0.2, 0) is 23.8 Å². The van der Waals surface area contributed by atoms with E-state index in [1.165, 1.54) is 0 Å². The van der Waals surface area contributed by atoms with Crippen molar-refractivity contribution < 1.29 is 33.3 Å². The van der Waals surface area contributed by atoms with E-state index in [4.69, 9.17) is 18.9 Å². The van der Waals surface area contributed by atoms with Gasteiger partial charge >= 0.3 is 0 Å². The van der Waals surface area contributed by atoms with Crippen molar-refractivity contribution in [1.29, 1.82) is 0 Å². The van der Waals surface area contributed by atoms with E-state index in [1.807, 2.05) is 0 Å². The predicted octanol–water partition coefficient (Wildman–Crippen LogP) is 1.59. The van der Waals surface area contributed by atoms with Gasteiger partial charge in [-0.3, -0.25) is 14.4 Å². The number of carbonyl (C=O) groups is 3. The normalized spacial score (nSPS) is 24.9. The number of carbonyl (C=O) groups excluding carboxylic acids is 3. The molecule has 0 spiro atoms. The van der Waals surface area contributed by atoms with Gasteiger partial charge in [0, 0.05) is 45.5 Å². The number of hydrogen-bond donors (Lipinski definition) is 2. The van der Waals surface area contributed by atoms with Crippen LogP contribution in [0.1, 0.15) is 42.5 Å². The van der Waals surface area contributed by atoms with Gasteiger partial charge in [0.1, 0.15) is 18.5 Å². The Morgan fingerprint density at radius 1 is 1.17 bits per heavy atom. The van der Waals surface area contributed by atoms with Crippen LogP contribution in [0.25, 0.3) is 0 Å². The minimum Gasteiger partial charge on any atom is -0.490 e. The van der Waals surface area contributed by atoms with Gasteiger partial charge in [0.05, 0.1) is 30.7 Å². The molecule has 1 aromatic carbocycles. The summed E-state index contributed by atoms with van der Waals surface area (Å²) in [7, 11) is 3.36. The molecule has 10 nitrogen and oxygen atoms in total. The van der Waals surface area contributed by atoms with Crippen molar-refractivity contribution in [2.24, 2.45) is 5.92 Å². The van der Waals surface area contributed by atoms with E-state index in [-0.39, 0.29) is 54.9 Å². The maximum Gasteiger partial charge on any atom is 0.257 e. The number of benzene rings is 1. The first kappa shape index (κ1) is 25.4. The molecule has 192 valence electrons. The minimum absolute atomic E-state index is 0.0566. The van der Waals surface area contributed by atoms with Crippen LogP contribution >= 0.6 is 0 Å². The number of nitrogens with one attached hydrogen (secondary N) is 2. The smallest absolute Gasteiger partial charge is 0.257 e. The molecule has 4 rings (SSSR count). The van der Waals surface area contributed by atoms with Crippen molar-refractivity contribution in [3.8, 4) is 5.75 Å². The maximum absolute atomic E-state index is 13.4. The number of methoxy groups -OCH3 is 1. The highest BCUT2D eigenvalue weighted by atomic mass is 16.5. The Morgan fingerprint density at radius 2 is 1.97 bits per heavy atom. The van der Waals surface area contributed by atoms with Crippen LogP contribution in [0, 0.1) is 5.92 Å². The summed E-state index contributed by atoms with van der Waals surface area (Å²) in [6.07, 6.45) is 2.47. The number of likely N-dealkylation sites (N-methyl/N-ethyl adjacent to an activating group) is 1. The van der Waals surface area contributed by atoms with E-state index in [2.05, 4.69) is 10.6 Å². The highest BCUT2D eigenvalue weighted by molar-refractivity contribution is 6.00. The third kappa shape index (κ3) is 6.31. The van der Waals surface area contributed by atoms with Gasteiger partial charge in [0.25, 0.3) is 5.91 Å². The van der Waals surface area contributed by atoms with Crippen LogP contribution in [0.5, 0.6) is 5.75 Å². The molecular formula is C25H35N3O7. The molecular weight excluding hydrogens is 454 g/mol. The average Bonchev–Trinajstić information content (AvgIpc) is 2.87. The third-order valence-electron chi connectivity index (χ3n) is 6.91. The summed E-state index contributed by atoms with van der Waals surface area (Å²) < 4.78 is 22.5. The lowest BCUT2D eigenvalue weighted by molar-refractivity contribution is -0.134. The summed E-state index contributed by atoms with van der Waals surface area (Å²) in [5, 5.41) is 5.76. The zero-order valence-electron chi connectivity index (χ0n) is 20.4. The van der Waals surface area contributed by atoms with Crippen molar-refractivity contribution in [2.45, 2.75) is 50.4 Å². The Hall–Kier alpha value is -2.69. The first-order valence-electron chi connectivity index (χ1n) is 12.3. The average molecular weight is 490 g/mol. The van der Waals surface area contributed by atoms with Crippen LogP contribution in [0.4, 0.5) is 5.69 Å². The standard InChI is InChI=1S/C25H35N3O7/c1-28-20-5-4-18(14-23(29)26-9-12-32-2)35-22(20)15-34-21-6-3-17(13-19(21)25(28)31)27-24(30)16-7-10-33-11-8-16/h3,6,13,16,18,20,22H,4-5,7-12,14-15H2,1-2H3,(H,26,29)(H,27,30)/t18-,20+,22-/m0/s1. The fraction of sp³-hybridized carbons (Fsp3) is 0.640. The van der Waals surface area contributed by atoms with Gasteiger partial charge in [-0.2, -0.15) is 0 Å². The Balaban J connectivity index is 1.40. The van der Waals surface area contributed by atoms with Gasteiger partial charge < -0.3 is 34.5 Å². The molecule has 3 atom stereocenters. The summed E-state index contributed by atoms with van der Waals surface area (Å²) >= 11 is 0. The molecule has 2 saturated heterocycles. The molecule has 0 radical (unpaired) electrons. The lowest BCUT2D eigenvalue weighted by Gasteiger charge is -2.42. The Morgan fingerprint density at radius 3 is 2.74 bits per heavy atom. The van der Waals surface area contributed by atoms with E-state index in [0.717, 1.165) is 0 Å². The molecule has 0 unspecified atom stereocenters. The van der Waals surface area contributed by atoms with Gasteiger partial charge in [-0.05, 0) is 43.9 Å². The molecule has 0 saturated carbocycles. The molecule has 3 aliphatic heterocycles. The molecule has 3 heterocycles. The highest BCUT2D eigenvalue weighted by Gasteiger charge is 2.39. The van der Waals surface area contributed by atoms with Crippen LogP contribution in [0.3, 0.4) is 0 Å². The molecule has 0 bridgehead atoms. The molecule has 0 aromatic heterocycles. The topological polar surface area (TPSA) is 115 Å². The van der Waals surface area contributed by atoms with Crippen LogP contribution in [0.2, 0.25) is 0 Å². The van der Waals surface area contributed by atoms with Gasteiger partial charge in [0.2, 0.25) is 11.8 Å². The fourth-order valence-electron chi connectivity index (χ4n) is 4.88. The fourth-order valence-corrected chi connectivity index (χ4v) is 4.88. The zero-order valence-corrected chi connectivity index (χ0v) is 20.4. The maximum atomic E-state index is 13.4. The van der Waals surface area contributed by atoms with Crippen LogP contribution in [-0.4, -0.2) is 88.0 Å². The molecule has 10 heteroatoms. The van der Waals surface area contributed by atoms with E-state index < -0.39 is 0 Å². The van der Waals surface area contributed by atoms with Crippen LogP contribution < -0.4 is 15.4 Å². The predicted molar refractivity (Wildman–Crippen MR) is 127 cm³/mol. The largest absolute Gasteiger partial charge is 0.490 e. The second-order valence-corrected chi connectivity index (χ2v) is 9.30. The van der Waals surface area contributed by atoms with E-state index in [9.17, 15) is 14.4 Å². The lowest BCUT2D eigenvalue weighted by atomic mass is 9.94. The van der Waals surface area contributed by atoms with Crippen molar-refractivity contribution in [1.82, 2.24) is 10.2 Å². The molecule has 2 fully saturated rings. The van der Waals surface area contributed by atoms with Crippen molar-refractivity contribution in [3.05, 3.63) is 23.8 Å². The number of rotatable bonds is 7. The highest BCUT2D eigenvalue weighted by Crippen LogP contribution is 2.32. The number of ether oxygens (including phenoxy) is 4. The van der Waals surface area contributed by atoms with Gasteiger partial charge in [0.15, 0.2) is 0 Å². The van der Waals surface area contributed by atoms with Gasteiger partial charge in [-0.15, -0.1) is 0 Å². The summed E-state index contributed by atoms with van der Waals surface area (Å²) in [4.78, 5) is 39.9. The molecule has 2 N–H and O–H groups in total. The number of hydrogen-bond acceptors (Lipinski definition) is 7. The molecule has 3 amide bonds. The second kappa shape index (κ2) is 11.8. The molecule has 35 heavy (non-hydrogen) atoms. The van der Waals surface area contributed by atoms with E-state index in [0.29, 0.717) is 69.0 Å². The van der Waals surface area contributed by atoms with Crippen molar-refractivity contribution in [3.63, 3.8) is 0 Å². The van der Waals surface area contributed by atoms with Gasteiger partial charge in [-0.1, -0.05) is 0 Å². The van der Waals surface area contributed by atoms with Crippen LogP contribution in [0.15, 0.2) is 18.2 Å². The number of anilines is 1. The quantitative estimate of drug-likeness (QED) is 0.559. The first-order valence-corrected chi connectivity index (χ1v) is 12.3. The van der Waals surface area contributed by atoms with E-state index in [1.54, 1.807) is 37.3 Å². The first-order chi connectivity index (χ1) is 17.0. The number of amides is 3. The van der Waals surface area contributed by atoms with E-state index >= 15 is 0 Å². The van der Waals surface area contributed by atoms with Gasteiger partial charge in [-0.25, -0.2) is 0 Å². The number of fused-ring (bicyclic) bond motifs is 2. The molecule has 3 aliphatic rings. The SMILES string of the molecule is COCCNC(=O)C[C@@H]1CC[C@@H]2[C@H](COc3ccc(NC(=O)C4CCOCC4)cc3C(=O)N2C)O1. The third-order valence-corrected chi connectivity index (χ3v) is 6.91. The summed E-state index contributed by atoms with van der Waals surface area (Å²) in [6, 6.07) is 4.98. The lowest BCUT2D eigenvalue weighted by Crippen LogP contribution is -2.54. The monoisotopic (exact) mass is 489 g/mol. The zero-order chi connectivity index (χ0) is 24.8. The Bertz CT molecular complexity index is 918. The molecule has 1 aromatic rings. The Labute approximate surface area is 205 Å². The van der Waals surface area contributed by atoms with Crippen molar-refractivity contribution in [2.75, 3.05) is 52.4 Å². The van der Waals surface area contributed by atoms with Crippen molar-refractivity contribution >= 4 is 23.4 Å². The minimum atomic E-state index is -0.337. The summed E-state index contributed by atoms with van der Waals surface area (Å²) in [5.74, 6) is 0.0420.